The van der Waals surface area contributed by atoms with Crippen LogP contribution in [0, 0.1) is 13.8 Å². The van der Waals surface area contributed by atoms with Crippen LogP contribution >= 0.6 is 11.6 Å². The summed E-state index contributed by atoms with van der Waals surface area (Å²) in [5.41, 5.74) is 8.56. The average molecular weight is 325 g/mol. The third-order valence-electron chi connectivity index (χ3n) is 3.85. The molecule has 1 heterocycles. The number of hydrogen-bond acceptors (Lipinski definition) is 2. The normalized spacial score (nSPS) is 16.2. The molecule has 0 spiro atoms. The van der Waals surface area contributed by atoms with Gasteiger partial charge in [0.2, 0.25) is 0 Å². The molecule has 4 heteroatoms. The van der Waals surface area contributed by atoms with Crippen molar-refractivity contribution in [3.8, 4) is 0 Å². The Labute approximate surface area is 140 Å². The average Bonchev–Trinajstić information content (AvgIpc) is 2.52. The second kappa shape index (κ2) is 6.39. The van der Waals surface area contributed by atoms with Gasteiger partial charge >= 0.3 is 0 Å². The molecule has 116 valence electrons. The molecule has 0 saturated carbocycles. The molecule has 1 aliphatic heterocycles. The Hall–Kier alpha value is -2.39. The topological polar surface area (TPSA) is 41.5 Å². The monoisotopic (exact) mass is 324 g/mol. The summed E-state index contributed by atoms with van der Waals surface area (Å²) >= 11 is 5.90. The molecule has 1 aliphatic rings. The van der Waals surface area contributed by atoms with E-state index in [0.29, 0.717) is 17.0 Å². The maximum atomic E-state index is 12.1. The Morgan fingerprint density at radius 3 is 2.57 bits per heavy atom. The van der Waals surface area contributed by atoms with Gasteiger partial charge in [0.25, 0.3) is 5.91 Å². The van der Waals surface area contributed by atoms with Crippen molar-refractivity contribution in [2.45, 2.75) is 20.3 Å². The smallest absolute Gasteiger partial charge is 0.267 e. The lowest BCUT2D eigenvalue weighted by atomic mass is 9.95. The standard InChI is InChI=1S/C19H17ClN2O/c1-12-3-8-17(13(2)9-12)18-11-15(19(23)22-21-18)10-14-4-6-16(20)7-5-14/h3-10H,11H2,1-2H3,(H,22,23)/b15-10-. The summed E-state index contributed by atoms with van der Waals surface area (Å²) in [4.78, 5) is 12.1. The van der Waals surface area contributed by atoms with Gasteiger partial charge in [0.05, 0.1) is 5.71 Å². The van der Waals surface area contributed by atoms with Gasteiger partial charge in [-0.3, -0.25) is 4.79 Å². The molecule has 0 saturated heterocycles. The van der Waals surface area contributed by atoms with Crippen LogP contribution in [0.1, 0.15) is 28.7 Å². The highest BCUT2D eigenvalue weighted by atomic mass is 35.5. The number of hydrogen-bond donors (Lipinski definition) is 1. The van der Waals surface area contributed by atoms with E-state index < -0.39 is 0 Å². The number of rotatable bonds is 2. The molecule has 0 unspecified atom stereocenters. The Bertz CT molecular complexity index is 820. The van der Waals surface area contributed by atoms with Gasteiger partial charge in [-0.25, -0.2) is 5.43 Å². The van der Waals surface area contributed by atoms with Crippen LogP contribution in [0.2, 0.25) is 5.02 Å². The zero-order valence-electron chi connectivity index (χ0n) is 13.1. The predicted octanol–water partition coefficient (Wildman–Crippen LogP) is 4.26. The van der Waals surface area contributed by atoms with Crippen LogP contribution in [0.25, 0.3) is 6.08 Å². The molecule has 23 heavy (non-hydrogen) atoms. The minimum atomic E-state index is -0.159. The molecule has 0 fully saturated rings. The van der Waals surface area contributed by atoms with Crippen molar-refractivity contribution in [2.75, 3.05) is 0 Å². The van der Waals surface area contributed by atoms with E-state index in [0.717, 1.165) is 22.4 Å². The zero-order chi connectivity index (χ0) is 16.4. The van der Waals surface area contributed by atoms with Crippen molar-refractivity contribution < 1.29 is 4.79 Å². The largest absolute Gasteiger partial charge is 0.268 e. The van der Waals surface area contributed by atoms with Gasteiger partial charge in [0.15, 0.2) is 0 Å². The van der Waals surface area contributed by atoms with Gasteiger partial charge in [-0.2, -0.15) is 5.10 Å². The van der Waals surface area contributed by atoms with E-state index in [9.17, 15) is 4.79 Å². The van der Waals surface area contributed by atoms with Crippen LogP contribution in [0.3, 0.4) is 0 Å². The minimum absolute atomic E-state index is 0.159. The molecule has 2 aromatic carbocycles. The lowest BCUT2D eigenvalue weighted by molar-refractivity contribution is -0.117. The summed E-state index contributed by atoms with van der Waals surface area (Å²) in [6, 6.07) is 13.7. The summed E-state index contributed by atoms with van der Waals surface area (Å²) in [6.45, 7) is 4.12. The number of carbonyl (C=O) groups is 1. The first-order valence-corrected chi connectivity index (χ1v) is 7.81. The van der Waals surface area contributed by atoms with E-state index in [2.05, 4.69) is 42.6 Å². The number of amides is 1. The van der Waals surface area contributed by atoms with Crippen LogP contribution in [0.15, 0.2) is 53.1 Å². The van der Waals surface area contributed by atoms with Crippen molar-refractivity contribution in [1.29, 1.82) is 0 Å². The van der Waals surface area contributed by atoms with E-state index in [1.165, 1.54) is 5.56 Å². The molecule has 0 atom stereocenters. The number of benzene rings is 2. The number of nitrogens with one attached hydrogen (secondary N) is 1. The van der Waals surface area contributed by atoms with Crippen LogP contribution < -0.4 is 5.43 Å². The van der Waals surface area contributed by atoms with E-state index in [1.807, 2.05) is 30.3 Å². The highest BCUT2D eigenvalue weighted by Gasteiger charge is 2.20. The second-order valence-electron chi connectivity index (χ2n) is 5.72. The molecule has 2 aromatic rings. The van der Waals surface area contributed by atoms with Gasteiger partial charge in [0.1, 0.15) is 0 Å². The summed E-state index contributed by atoms with van der Waals surface area (Å²) in [7, 11) is 0. The number of carbonyl (C=O) groups excluding carboxylic acids is 1. The molecular formula is C19H17ClN2O. The van der Waals surface area contributed by atoms with E-state index in [1.54, 1.807) is 0 Å². The molecule has 3 rings (SSSR count). The molecule has 0 bridgehead atoms. The predicted molar refractivity (Wildman–Crippen MR) is 94.6 cm³/mol. The molecular weight excluding hydrogens is 308 g/mol. The van der Waals surface area contributed by atoms with E-state index in [4.69, 9.17) is 11.6 Å². The summed E-state index contributed by atoms with van der Waals surface area (Å²) in [6.07, 6.45) is 2.39. The van der Waals surface area contributed by atoms with Crippen LogP contribution in [0.4, 0.5) is 0 Å². The van der Waals surface area contributed by atoms with Crippen LogP contribution in [0.5, 0.6) is 0 Å². The molecule has 0 aliphatic carbocycles. The van der Waals surface area contributed by atoms with Gasteiger partial charge in [-0.15, -0.1) is 0 Å². The van der Waals surface area contributed by atoms with Crippen molar-refractivity contribution in [1.82, 2.24) is 5.43 Å². The van der Waals surface area contributed by atoms with Crippen molar-refractivity contribution in [2.24, 2.45) is 5.10 Å². The molecule has 0 aromatic heterocycles. The fourth-order valence-corrected chi connectivity index (χ4v) is 2.79. The molecule has 1 N–H and O–H groups in total. The van der Waals surface area contributed by atoms with E-state index >= 15 is 0 Å². The first-order valence-electron chi connectivity index (χ1n) is 7.43. The maximum absolute atomic E-state index is 12.1. The van der Waals surface area contributed by atoms with Gasteiger partial charge in [-0.05, 0) is 43.2 Å². The van der Waals surface area contributed by atoms with Crippen LogP contribution in [-0.2, 0) is 4.79 Å². The molecule has 1 amide bonds. The van der Waals surface area contributed by atoms with Crippen molar-refractivity contribution in [3.05, 3.63) is 75.3 Å². The molecule has 3 nitrogen and oxygen atoms in total. The van der Waals surface area contributed by atoms with Gasteiger partial charge in [0, 0.05) is 22.6 Å². The highest BCUT2D eigenvalue weighted by molar-refractivity contribution is 6.30. The third-order valence-corrected chi connectivity index (χ3v) is 4.10. The third kappa shape index (κ3) is 3.51. The fraction of sp³-hybridized carbons (Fsp3) is 0.158. The van der Waals surface area contributed by atoms with Crippen molar-refractivity contribution >= 4 is 29.3 Å². The first-order chi connectivity index (χ1) is 11.0. The van der Waals surface area contributed by atoms with Crippen molar-refractivity contribution in [3.63, 3.8) is 0 Å². The lowest BCUT2D eigenvalue weighted by Crippen LogP contribution is -2.28. The Balaban J connectivity index is 1.91. The van der Waals surface area contributed by atoms with Gasteiger partial charge < -0.3 is 0 Å². The second-order valence-corrected chi connectivity index (χ2v) is 6.15. The zero-order valence-corrected chi connectivity index (χ0v) is 13.8. The fourth-order valence-electron chi connectivity index (χ4n) is 2.66. The van der Waals surface area contributed by atoms with Crippen LogP contribution in [-0.4, -0.2) is 11.6 Å². The SMILES string of the molecule is Cc1ccc(C2=NNC(=O)/C(=C\c3ccc(Cl)cc3)C2)c(C)c1. The first kappa shape index (κ1) is 15.5. The van der Waals surface area contributed by atoms with Gasteiger partial charge in [-0.1, -0.05) is 47.5 Å². The maximum Gasteiger partial charge on any atom is 0.267 e. The number of halogens is 1. The highest BCUT2D eigenvalue weighted by Crippen LogP contribution is 2.21. The number of aryl methyl sites for hydroxylation is 2. The lowest BCUT2D eigenvalue weighted by Gasteiger charge is -2.17. The minimum Gasteiger partial charge on any atom is -0.268 e. The number of nitrogens with zero attached hydrogens (tertiary/aromatic N) is 1. The number of hydrazone groups is 1. The van der Waals surface area contributed by atoms with E-state index in [-0.39, 0.29) is 5.91 Å². The Morgan fingerprint density at radius 2 is 1.87 bits per heavy atom. The summed E-state index contributed by atoms with van der Waals surface area (Å²) in [5, 5.41) is 4.91. The molecule has 0 radical (unpaired) electrons. The Morgan fingerprint density at radius 1 is 1.13 bits per heavy atom. The Kier molecular flexibility index (Phi) is 4.30. The summed E-state index contributed by atoms with van der Waals surface area (Å²) < 4.78 is 0. The quantitative estimate of drug-likeness (QED) is 0.824. The summed E-state index contributed by atoms with van der Waals surface area (Å²) in [5.74, 6) is -0.159.